The summed E-state index contributed by atoms with van der Waals surface area (Å²) in [5.74, 6) is 1.03. The third kappa shape index (κ3) is 2.99. The zero-order valence-corrected chi connectivity index (χ0v) is 12.5. The molecule has 1 saturated heterocycles. The molecule has 20 heavy (non-hydrogen) atoms. The van der Waals surface area contributed by atoms with E-state index in [-0.39, 0.29) is 5.84 Å². The summed E-state index contributed by atoms with van der Waals surface area (Å²) >= 11 is 1.69. The molecule has 1 fully saturated rings. The normalized spacial score (nSPS) is 21.7. The molecule has 2 heterocycles. The molecule has 1 aromatic heterocycles. The first-order valence-electron chi connectivity index (χ1n) is 7.35. The average Bonchev–Trinajstić information content (AvgIpc) is 2.97. The number of aryl methyl sites for hydroxylation is 2. The third-order valence-electron chi connectivity index (χ3n) is 3.99. The minimum absolute atomic E-state index is 0.126. The summed E-state index contributed by atoms with van der Waals surface area (Å²) in [5, 5.41) is 8.69. The maximum Gasteiger partial charge on any atom is 0.125 e. The molecule has 0 saturated carbocycles. The second-order valence-corrected chi connectivity index (χ2v) is 6.52. The van der Waals surface area contributed by atoms with Gasteiger partial charge in [0, 0.05) is 23.6 Å². The Balaban J connectivity index is 1.81. The van der Waals surface area contributed by atoms with Crippen LogP contribution < -0.4 is 5.73 Å². The number of hydrogen-bond acceptors (Lipinski definition) is 4. The number of fused-ring (bicyclic) bond motifs is 1. The van der Waals surface area contributed by atoms with E-state index in [0.29, 0.717) is 6.10 Å². The van der Waals surface area contributed by atoms with Gasteiger partial charge in [0.15, 0.2) is 0 Å². The number of ether oxygens (including phenoxy) is 1. The monoisotopic (exact) mass is 291 g/mol. The van der Waals surface area contributed by atoms with Gasteiger partial charge < -0.3 is 10.5 Å². The Morgan fingerprint density at radius 2 is 2.25 bits per heavy atom. The lowest BCUT2D eigenvalue weighted by molar-refractivity contribution is 0.129. The van der Waals surface area contributed by atoms with Crippen molar-refractivity contribution in [3.8, 4) is 0 Å². The zero-order chi connectivity index (χ0) is 13.9. The zero-order valence-electron chi connectivity index (χ0n) is 11.7. The van der Waals surface area contributed by atoms with E-state index < -0.39 is 0 Å². The van der Waals surface area contributed by atoms with Crippen LogP contribution in [-0.2, 0) is 17.6 Å². The average molecular weight is 291 g/mol. The van der Waals surface area contributed by atoms with Gasteiger partial charge in [0.25, 0.3) is 0 Å². The summed E-state index contributed by atoms with van der Waals surface area (Å²) in [4.78, 5) is 4.78. The Morgan fingerprint density at radius 1 is 1.40 bits per heavy atom. The van der Waals surface area contributed by atoms with Crippen molar-refractivity contribution in [3.63, 3.8) is 0 Å². The van der Waals surface area contributed by atoms with Crippen molar-refractivity contribution in [1.82, 2.24) is 4.98 Å². The predicted molar refractivity (Wildman–Crippen MR) is 81.6 cm³/mol. The highest BCUT2D eigenvalue weighted by Gasteiger charge is 2.20. The van der Waals surface area contributed by atoms with Crippen LogP contribution in [0.25, 0.3) is 0 Å². The number of thioether (sulfide) groups is 1. The molecule has 1 aliphatic heterocycles. The fourth-order valence-corrected chi connectivity index (χ4v) is 3.97. The van der Waals surface area contributed by atoms with Crippen LogP contribution in [-0.4, -0.2) is 29.3 Å². The predicted octanol–water partition coefficient (Wildman–Crippen LogP) is 2.52. The molecule has 1 unspecified atom stereocenters. The first-order valence-corrected chi connectivity index (χ1v) is 8.34. The second-order valence-electron chi connectivity index (χ2n) is 5.51. The fourth-order valence-electron chi connectivity index (χ4n) is 2.87. The molecule has 5 heteroatoms. The molecule has 1 atom stereocenters. The Labute approximate surface area is 124 Å². The molecule has 3 rings (SSSR count). The van der Waals surface area contributed by atoms with Crippen LogP contribution in [0.4, 0.5) is 0 Å². The second kappa shape index (κ2) is 6.14. The number of hydrogen-bond donors (Lipinski definition) is 2. The van der Waals surface area contributed by atoms with Gasteiger partial charge >= 0.3 is 0 Å². The lowest BCUT2D eigenvalue weighted by Crippen LogP contribution is -2.17. The molecule has 0 radical (unpaired) electrons. The van der Waals surface area contributed by atoms with Gasteiger partial charge in [0.2, 0.25) is 0 Å². The Hall–Kier alpha value is -1.07. The van der Waals surface area contributed by atoms with Gasteiger partial charge in [-0.05, 0) is 50.2 Å². The fraction of sp³-hybridized carbons (Fsp3) is 0.600. The van der Waals surface area contributed by atoms with Crippen molar-refractivity contribution in [2.75, 3.05) is 12.4 Å². The number of amidine groups is 1. The van der Waals surface area contributed by atoms with Crippen LogP contribution in [0.2, 0.25) is 0 Å². The van der Waals surface area contributed by atoms with Gasteiger partial charge in [-0.3, -0.25) is 5.41 Å². The van der Waals surface area contributed by atoms with E-state index in [9.17, 15) is 0 Å². The summed E-state index contributed by atoms with van der Waals surface area (Å²) in [6.45, 7) is 0.877. The summed E-state index contributed by atoms with van der Waals surface area (Å²) in [7, 11) is 0. The summed E-state index contributed by atoms with van der Waals surface area (Å²) in [6.07, 6.45) is 7.18. The summed E-state index contributed by atoms with van der Waals surface area (Å²) in [5.41, 5.74) is 9.02. The molecule has 2 aliphatic rings. The number of nitrogens with zero attached hydrogens (tertiary/aromatic N) is 1. The number of rotatable bonds is 4. The molecule has 0 aromatic carbocycles. The minimum atomic E-state index is 0.126. The van der Waals surface area contributed by atoms with Crippen molar-refractivity contribution in [2.45, 2.75) is 49.7 Å². The van der Waals surface area contributed by atoms with E-state index in [0.717, 1.165) is 48.6 Å². The van der Waals surface area contributed by atoms with Gasteiger partial charge in [-0.2, -0.15) is 0 Å². The quantitative estimate of drug-likeness (QED) is 0.508. The van der Waals surface area contributed by atoms with Crippen LogP contribution in [0.3, 0.4) is 0 Å². The highest BCUT2D eigenvalue weighted by Crippen LogP contribution is 2.29. The number of aromatic nitrogens is 1. The summed E-state index contributed by atoms with van der Waals surface area (Å²) in [6, 6.07) is 2.08. The van der Waals surface area contributed by atoms with E-state index in [1.54, 1.807) is 11.8 Å². The number of nitrogens with two attached hydrogens (primary N) is 1. The standard InChI is InChI=1S/C15H21N3OS/c16-14(17)12-8-10-4-1-2-6-13(10)18-15(12)20-9-11-5-3-7-19-11/h8,11H,1-7,9H2,(H3,16,17). The Morgan fingerprint density at radius 3 is 3.00 bits per heavy atom. The van der Waals surface area contributed by atoms with Gasteiger partial charge in [-0.1, -0.05) is 0 Å². The molecule has 3 N–H and O–H groups in total. The van der Waals surface area contributed by atoms with E-state index in [4.69, 9.17) is 20.9 Å². The Bertz CT molecular complexity index is 512. The van der Waals surface area contributed by atoms with Gasteiger partial charge in [0.05, 0.1) is 6.10 Å². The molecule has 0 spiro atoms. The van der Waals surface area contributed by atoms with Crippen LogP contribution in [0.15, 0.2) is 11.1 Å². The lowest BCUT2D eigenvalue weighted by atomic mass is 9.95. The smallest absolute Gasteiger partial charge is 0.125 e. The third-order valence-corrected chi connectivity index (χ3v) is 5.11. The maximum atomic E-state index is 7.77. The van der Waals surface area contributed by atoms with Crippen LogP contribution in [0, 0.1) is 5.41 Å². The van der Waals surface area contributed by atoms with Crippen LogP contribution >= 0.6 is 11.8 Å². The molecule has 0 amide bonds. The van der Waals surface area contributed by atoms with Crippen molar-refractivity contribution in [2.24, 2.45) is 5.73 Å². The largest absolute Gasteiger partial charge is 0.384 e. The topological polar surface area (TPSA) is 72.0 Å². The minimum Gasteiger partial charge on any atom is -0.384 e. The first-order chi connectivity index (χ1) is 9.74. The summed E-state index contributed by atoms with van der Waals surface area (Å²) < 4.78 is 5.65. The molecule has 0 bridgehead atoms. The molecular formula is C15H21N3OS. The maximum absolute atomic E-state index is 7.77. The van der Waals surface area contributed by atoms with Crippen molar-refractivity contribution < 1.29 is 4.74 Å². The van der Waals surface area contributed by atoms with Gasteiger partial charge in [-0.25, -0.2) is 4.98 Å². The molecule has 108 valence electrons. The number of pyridine rings is 1. The van der Waals surface area contributed by atoms with Crippen LogP contribution in [0.5, 0.6) is 0 Å². The van der Waals surface area contributed by atoms with Crippen molar-refractivity contribution in [1.29, 1.82) is 5.41 Å². The lowest BCUT2D eigenvalue weighted by Gasteiger charge is -2.18. The van der Waals surface area contributed by atoms with Crippen molar-refractivity contribution in [3.05, 3.63) is 22.9 Å². The highest BCUT2D eigenvalue weighted by atomic mass is 32.2. The molecule has 1 aliphatic carbocycles. The molecular weight excluding hydrogens is 270 g/mol. The van der Waals surface area contributed by atoms with Gasteiger partial charge in [0.1, 0.15) is 10.9 Å². The number of nitrogens with one attached hydrogen (secondary N) is 1. The van der Waals surface area contributed by atoms with E-state index in [1.807, 2.05) is 0 Å². The van der Waals surface area contributed by atoms with Crippen molar-refractivity contribution >= 4 is 17.6 Å². The molecule has 1 aromatic rings. The molecule has 4 nitrogen and oxygen atoms in total. The first kappa shape index (κ1) is 13.9. The highest BCUT2D eigenvalue weighted by molar-refractivity contribution is 7.99. The van der Waals surface area contributed by atoms with Gasteiger partial charge in [-0.15, -0.1) is 11.8 Å². The Kier molecular flexibility index (Phi) is 4.27. The van der Waals surface area contributed by atoms with E-state index in [2.05, 4.69) is 6.07 Å². The van der Waals surface area contributed by atoms with Crippen LogP contribution in [0.1, 0.15) is 42.5 Å². The van der Waals surface area contributed by atoms with E-state index in [1.165, 1.54) is 24.1 Å². The number of nitrogen functional groups attached to an aromatic ring is 1. The van der Waals surface area contributed by atoms with E-state index >= 15 is 0 Å². The SMILES string of the molecule is N=C(N)c1cc2c(nc1SCC1CCCO1)CCCC2.